The molecule has 492 valence electrons. The molecule has 0 spiro atoms. The number of methoxy groups -OCH3 is 4. The Morgan fingerprint density at radius 1 is 0.640 bits per heavy atom. The number of ketones is 1. The Morgan fingerprint density at radius 2 is 1.10 bits per heavy atom. The highest BCUT2D eigenvalue weighted by atomic mass is 16.8. The van der Waals surface area contributed by atoms with Gasteiger partial charge in [-0.1, -0.05) is 38.0 Å². The quantitative estimate of drug-likeness (QED) is 0.0555. The molecule has 7 N–H and O–H groups in total. The van der Waals surface area contributed by atoms with Crippen molar-refractivity contribution in [3.63, 3.8) is 0 Å². The van der Waals surface area contributed by atoms with Crippen molar-refractivity contribution in [3.05, 3.63) is 23.3 Å². The Bertz CT molecular complexity index is 2390. The summed E-state index contributed by atoms with van der Waals surface area (Å²) >= 11 is 0. The summed E-state index contributed by atoms with van der Waals surface area (Å²) in [6.45, 7) is 17.6. The molecule has 5 heterocycles. The first-order chi connectivity index (χ1) is 40.5. The maximum absolute atomic E-state index is 13.6. The fraction of sp³-hybridized carbons (Fsp3) is 0.903. The van der Waals surface area contributed by atoms with Crippen LogP contribution in [0.3, 0.4) is 0 Å². The number of aliphatic hydroxyl groups is 7. The second kappa shape index (κ2) is 26.8. The van der Waals surface area contributed by atoms with E-state index in [0.29, 0.717) is 38.5 Å². The summed E-state index contributed by atoms with van der Waals surface area (Å²) in [6, 6.07) is 0. The van der Waals surface area contributed by atoms with E-state index < -0.39 is 187 Å². The number of fused-ring (bicyclic) bond motifs is 5. The van der Waals surface area contributed by atoms with Crippen molar-refractivity contribution in [2.45, 2.75) is 298 Å². The SMILES string of the molecule is CO[C@H]1C[C@H](O[C@H]2[C@@H](OC)C[C@H](O[C@H]3CC[C@@]4(C)C(=CC[C@]5(O)[C@@H]4C[C@@H](OC(=O)/C=C(\C)C(C)C)[C@@]4(C)[C@]5(O)CC[C@]4(O)C(C)=O)C3)O[C@@H]2C)O[C@@H](C)[C@H]1O[C@H]1C[C@H](OC)[C@H](O[C@H]2C[C@@H](OC)[C@@H](O[C@@H]3O[C@H](CO)[C@@H](O)[C@H](O)[C@H]3O)[C@H](C)O2)[C@@H](C)O1. The van der Waals surface area contributed by atoms with Crippen molar-refractivity contribution >= 4 is 11.8 Å². The number of hydrogen-bond acceptors (Lipinski definition) is 24. The van der Waals surface area contributed by atoms with E-state index in [4.69, 9.17) is 71.1 Å². The van der Waals surface area contributed by atoms with Gasteiger partial charge in [-0.15, -0.1) is 0 Å². The van der Waals surface area contributed by atoms with Crippen LogP contribution in [0.4, 0.5) is 0 Å². The minimum atomic E-state index is -2.04. The van der Waals surface area contributed by atoms with Crippen LogP contribution in [0.15, 0.2) is 23.3 Å². The van der Waals surface area contributed by atoms with Crippen LogP contribution in [0.5, 0.6) is 0 Å². The summed E-state index contributed by atoms with van der Waals surface area (Å²) in [5, 5.41) is 79.0. The summed E-state index contributed by atoms with van der Waals surface area (Å²) in [5.41, 5.74) is -6.22. The molecule has 24 heteroatoms. The molecular weight excluding hydrogens is 1130 g/mol. The molecule has 0 unspecified atom stereocenters. The Labute approximate surface area is 505 Å². The van der Waals surface area contributed by atoms with Crippen LogP contribution in [0.25, 0.3) is 0 Å². The molecule has 9 aliphatic rings. The first-order valence-corrected chi connectivity index (χ1v) is 31.1. The van der Waals surface area contributed by atoms with Crippen molar-refractivity contribution in [3.8, 4) is 0 Å². The van der Waals surface area contributed by atoms with Crippen molar-refractivity contribution < 1.29 is 116 Å². The van der Waals surface area contributed by atoms with Crippen molar-refractivity contribution in [2.75, 3.05) is 35.0 Å². The maximum atomic E-state index is 13.6. The number of esters is 1. The maximum Gasteiger partial charge on any atom is 0.330 e. The van der Waals surface area contributed by atoms with E-state index in [1.54, 1.807) is 35.2 Å². The van der Waals surface area contributed by atoms with Crippen LogP contribution in [-0.2, 0) is 80.6 Å². The summed E-state index contributed by atoms with van der Waals surface area (Å²) in [4.78, 5) is 27.0. The van der Waals surface area contributed by atoms with Gasteiger partial charge in [0.1, 0.15) is 71.7 Å². The number of hydrogen-bond donors (Lipinski definition) is 7. The van der Waals surface area contributed by atoms with E-state index >= 15 is 0 Å². The van der Waals surface area contributed by atoms with Crippen LogP contribution in [0.1, 0.15) is 140 Å². The second-order valence-electron chi connectivity index (χ2n) is 26.7. The Hall–Kier alpha value is -2.22. The zero-order chi connectivity index (χ0) is 62.7. The normalized spacial score (nSPS) is 50.0. The lowest BCUT2D eigenvalue weighted by Gasteiger charge is -2.67. The molecule has 5 saturated heterocycles. The van der Waals surface area contributed by atoms with E-state index in [2.05, 4.69) is 6.92 Å². The van der Waals surface area contributed by atoms with E-state index in [1.165, 1.54) is 20.1 Å². The van der Waals surface area contributed by atoms with Crippen molar-refractivity contribution in [2.24, 2.45) is 22.7 Å². The fourth-order valence-electron chi connectivity index (χ4n) is 16.1. The molecule has 9 rings (SSSR count). The number of allylic oxidation sites excluding steroid dienone is 1. The predicted octanol–water partition coefficient (Wildman–Crippen LogP) is 2.95. The average molecular weight is 1230 g/mol. The molecule has 29 atom stereocenters. The number of carbonyl (C=O) groups excluding carboxylic acids is 2. The molecule has 0 amide bonds. The molecule has 3 saturated carbocycles. The number of Topliss-reactive ketones (excluding diaryl/α,β-unsaturated/α-hetero) is 1. The zero-order valence-corrected chi connectivity index (χ0v) is 52.6. The van der Waals surface area contributed by atoms with Crippen LogP contribution in [-0.4, -0.2) is 241 Å². The first-order valence-electron chi connectivity index (χ1n) is 31.1. The molecular formula is C62H100O24. The summed E-state index contributed by atoms with van der Waals surface area (Å²) in [5.74, 6) is -1.67. The third-order valence-electron chi connectivity index (χ3n) is 21.7. The minimum Gasteiger partial charge on any atom is -0.458 e. The summed E-state index contributed by atoms with van der Waals surface area (Å²) in [6.07, 6.45) is -11.6. The van der Waals surface area contributed by atoms with Crippen LogP contribution in [0, 0.1) is 22.7 Å². The van der Waals surface area contributed by atoms with Gasteiger partial charge >= 0.3 is 5.97 Å². The van der Waals surface area contributed by atoms with E-state index in [0.717, 1.165) is 11.1 Å². The number of carbonyl (C=O) groups is 2. The average Bonchev–Trinajstić information content (AvgIpc) is 1.34. The molecule has 5 aliphatic heterocycles. The standard InChI is InChI=1S/C62H100O24/c1-29(2)30(3)21-45(65)82-44-27-43-58(9)17-16-37(22-36(58)15-18-61(43,70)62(71)20-19-60(69,35(8)64)59(44,62)10)80-46-23-38(72-11)53(31(4)76-46)83-47-24-39(73-12)54(32(5)77-47)84-48-25-40(74-13)55(33(6)78-48)85-49-26-41(75-14)56(34(7)79-49)86-57-52(68)51(67)50(66)42(28-63)81-57/h15,21,29,31-34,37-44,46-57,63,66-71H,16-20,22-28H2,1-14H3/b30-21+/t31-,32+,33-,34+,37+,38+,39+,40+,41-,42-,43-,44-,46+,47+,48+,49+,50-,51+,52-,53-,54-,55-,56+,57+,58+,59-,60+,61+,62-/m1/s1. The van der Waals surface area contributed by atoms with Crippen LogP contribution in [0.2, 0.25) is 0 Å². The van der Waals surface area contributed by atoms with Crippen LogP contribution < -0.4 is 0 Å². The Kier molecular flexibility index (Phi) is 21.2. The van der Waals surface area contributed by atoms with Gasteiger partial charge in [0, 0.05) is 66.1 Å². The van der Waals surface area contributed by atoms with Crippen molar-refractivity contribution in [1.29, 1.82) is 0 Å². The molecule has 86 heavy (non-hydrogen) atoms. The van der Waals surface area contributed by atoms with Gasteiger partial charge in [0.05, 0.1) is 67.0 Å². The third-order valence-corrected chi connectivity index (χ3v) is 21.7. The lowest BCUT2D eigenvalue weighted by molar-refractivity contribution is -0.358. The monoisotopic (exact) mass is 1230 g/mol. The Balaban J connectivity index is 0.779. The fourth-order valence-corrected chi connectivity index (χ4v) is 16.1. The largest absolute Gasteiger partial charge is 0.458 e. The highest BCUT2D eigenvalue weighted by Gasteiger charge is 2.81. The molecule has 8 fully saturated rings. The van der Waals surface area contributed by atoms with Gasteiger partial charge in [-0.2, -0.15) is 0 Å². The molecule has 0 aromatic carbocycles. The summed E-state index contributed by atoms with van der Waals surface area (Å²) in [7, 11) is 6.35. The number of aliphatic hydroxyl groups excluding tert-OH is 4. The van der Waals surface area contributed by atoms with Gasteiger partial charge in [-0.05, 0) is 105 Å². The Morgan fingerprint density at radius 3 is 1.55 bits per heavy atom. The predicted molar refractivity (Wildman–Crippen MR) is 301 cm³/mol. The van der Waals surface area contributed by atoms with Gasteiger partial charge in [0.25, 0.3) is 0 Å². The van der Waals surface area contributed by atoms with Crippen LogP contribution >= 0.6 is 0 Å². The van der Waals surface area contributed by atoms with Gasteiger partial charge in [0.2, 0.25) is 0 Å². The first kappa shape index (κ1) is 68.2. The molecule has 24 nitrogen and oxygen atoms in total. The number of rotatable bonds is 19. The lowest BCUT2D eigenvalue weighted by Crippen LogP contribution is -2.78. The highest BCUT2D eigenvalue weighted by Crippen LogP contribution is 2.71. The van der Waals surface area contributed by atoms with Gasteiger partial charge in [0.15, 0.2) is 37.2 Å². The van der Waals surface area contributed by atoms with Gasteiger partial charge in [-0.3, -0.25) is 4.79 Å². The molecule has 0 aromatic heterocycles. The van der Waals surface area contributed by atoms with E-state index in [1.807, 2.05) is 47.6 Å². The summed E-state index contributed by atoms with van der Waals surface area (Å²) < 4.78 is 94.3. The van der Waals surface area contributed by atoms with E-state index in [-0.39, 0.29) is 44.1 Å². The highest BCUT2D eigenvalue weighted by molar-refractivity contribution is 5.87. The molecule has 4 aliphatic carbocycles. The van der Waals surface area contributed by atoms with Gasteiger partial charge < -0.3 is 107 Å². The minimum absolute atomic E-state index is 0.0490. The lowest BCUT2D eigenvalue weighted by atomic mass is 9.42. The molecule has 0 bridgehead atoms. The third kappa shape index (κ3) is 12.4. The van der Waals surface area contributed by atoms with Crippen molar-refractivity contribution in [1.82, 2.24) is 0 Å². The molecule has 0 radical (unpaired) electrons. The smallest absolute Gasteiger partial charge is 0.330 e. The zero-order valence-electron chi connectivity index (χ0n) is 52.6. The number of ether oxygens (including phenoxy) is 15. The van der Waals surface area contributed by atoms with Gasteiger partial charge in [-0.25, -0.2) is 4.79 Å². The molecule has 0 aromatic rings. The van der Waals surface area contributed by atoms with E-state index in [9.17, 15) is 45.3 Å². The topological polar surface area (TPSA) is 314 Å². The second-order valence-corrected chi connectivity index (χ2v) is 26.7.